The number of carboxylic acid groups (broad SMARTS) is 1. The van der Waals surface area contributed by atoms with Crippen LogP contribution < -0.4 is 9.47 Å². The van der Waals surface area contributed by atoms with Crippen molar-refractivity contribution >= 4 is 23.5 Å². The third kappa shape index (κ3) is 5.79. The van der Waals surface area contributed by atoms with Gasteiger partial charge >= 0.3 is 5.97 Å². The summed E-state index contributed by atoms with van der Waals surface area (Å²) in [7, 11) is 1.55. The second-order valence-electron chi connectivity index (χ2n) is 9.16. The number of rotatable bonds is 9. The number of hydrogen-bond acceptors (Lipinski definition) is 4. The maximum Gasteiger partial charge on any atom is 0.305 e. The van der Waals surface area contributed by atoms with Crippen molar-refractivity contribution < 1.29 is 28.6 Å². The number of nitrogens with zero attached hydrogens (tertiary/aromatic N) is 1. The molecule has 0 radical (unpaired) electrons. The van der Waals surface area contributed by atoms with E-state index in [-0.39, 0.29) is 30.4 Å². The van der Waals surface area contributed by atoms with E-state index in [1.807, 2.05) is 25.1 Å². The number of ether oxygens (including phenoxy) is 2. The van der Waals surface area contributed by atoms with Gasteiger partial charge in [-0.15, -0.1) is 0 Å². The van der Waals surface area contributed by atoms with E-state index in [9.17, 15) is 19.1 Å². The maximum absolute atomic E-state index is 13.9. The third-order valence-corrected chi connectivity index (χ3v) is 6.53. The Kier molecular flexibility index (Phi) is 7.50. The molecule has 0 saturated carbocycles. The molecule has 1 aliphatic heterocycles. The highest BCUT2D eigenvalue weighted by molar-refractivity contribution is 6.30. The normalized spacial score (nSPS) is 16.2. The van der Waals surface area contributed by atoms with Crippen LogP contribution in [0.15, 0.2) is 60.7 Å². The molecule has 0 aliphatic carbocycles. The molecule has 0 fully saturated rings. The van der Waals surface area contributed by atoms with Gasteiger partial charge in [0.2, 0.25) is 0 Å². The van der Waals surface area contributed by atoms with Crippen molar-refractivity contribution in [3.05, 3.63) is 93.8 Å². The van der Waals surface area contributed by atoms with E-state index < -0.39 is 17.4 Å². The number of para-hydroxylation sites is 1. The summed E-state index contributed by atoms with van der Waals surface area (Å²) in [6, 6.07) is 17.3. The van der Waals surface area contributed by atoms with Gasteiger partial charge in [0.25, 0.3) is 5.91 Å². The van der Waals surface area contributed by atoms with Crippen LogP contribution in [0.3, 0.4) is 0 Å². The van der Waals surface area contributed by atoms with Crippen molar-refractivity contribution in [2.45, 2.75) is 38.3 Å². The molecule has 0 aromatic heterocycles. The highest BCUT2D eigenvalue weighted by Crippen LogP contribution is 2.38. The van der Waals surface area contributed by atoms with Gasteiger partial charge in [-0.2, -0.15) is 0 Å². The number of carbonyl (C=O) groups excluding carboxylic acids is 1. The highest BCUT2D eigenvalue weighted by Gasteiger charge is 2.36. The predicted octanol–water partition coefficient (Wildman–Crippen LogP) is 5.54. The molecular weight excluding hydrogens is 485 g/mol. The summed E-state index contributed by atoms with van der Waals surface area (Å²) < 4.78 is 25.5. The quantitative estimate of drug-likeness (QED) is 0.408. The molecule has 6 nitrogen and oxygen atoms in total. The zero-order valence-corrected chi connectivity index (χ0v) is 20.8. The van der Waals surface area contributed by atoms with Crippen LogP contribution in [0.2, 0.25) is 5.02 Å². The standard InChI is InChI=1S/C28H27ClFNO5/c1-28(15-18-7-9-22(29)23(30)13-18)16-21-14-19(8-10-25(21)36-28)27(34)31(12-11-26(32)33)17-20-5-3-4-6-24(20)35-2/h3-10,13-14H,11-12,15-17H2,1-2H3,(H,32,33)/t28-/m0/s1. The first-order chi connectivity index (χ1) is 17.2. The van der Waals surface area contributed by atoms with E-state index in [0.29, 0.717) is 29.9 Å². The molecule has 36 heavy (non-hydrogen) atoms. The Morgan fingerprint density at radius 3 is 2.67 bits per heavy atom. The molecule has 0 saturated heterocycles. The van der Waals surface area contributed by atoms with E-state index in [2.05, 4.69) is 0 Å². The lowest BCUT2D eigenvalue weighted by molar-refractivity contribution is -0.137. The van der Waals surface area contributed by atoms with Crippen LogP contribution in [-0.4, -0.2) is 41.1 Å². The Bertz CT molecular complexity index is 1300. The summed E-state index contributed by atoms with van der Waals surface area (Å²) in [5.74, 6) is -0.437. The lowest BCUT2D eigenvalue weighted by Gasteiger charge is -2.24. The van der Waals surface area contributed by atoms with Crippen LogP contribution in [0.5, 0.6) is 11.5 Å². The first-order valence-electron chi connectivity index (χ1n) is 11.6. The first kappa shape index (κ1) is 25.5. The monoisotopic (exact) mass is 511 g/mol. The van der Waals surface area contributed by atoms with Crippen molar-refractivity contribution in [2.24, 2.45) is 0 Å². The number of carbonyl (C=O) groups is 2. The van der Waals surface area contributed by atoms with Crippen LogP contribution in [0.1, 0.15) is 40.4 Å². The third-order valence-electron chi connectivity index (χ3n) is 6.23. The van der Waals surface area contributed by atoms with Gasteiger partial charge in [-0.25, -0.2) is 4.39 Å². The average molecular weight is 512 g/mol. The number of aliphatic carboxylic acids is 1. The summed E-state index contributed by atoms with van der Waals surface area (Å²) in [6.45, 7) is 2.21. The molecule has 1 aliphatic rings. The fourth-order valence-corrected chi connectivity index (χ4v) is 4.66. The zero-order chi connectivity index (χ0) is 25.9. The van der Waals surface area contributed by atoms with Crippen LogP contribution in [-0.2, 0) is 24.2 Å². The summed E-state index contributed by atoms with van der Waals surface area (Å²) in [5, 5.41) is 9.28. The fraction of sp³-hybridized carbons (Fsp3) is 0.286. The van der Waals surface area contributed by atoms with Gasteiger partial charge in [0.05, 0.1) is 18.6 Å². The minimum absolute atomic E-state index is 0.0552. The lowest BCUT2D eigenvalue weighted by atomic mass is 9.91. The summed E-state index contributed by atoms with van der Waals surface area (Å²) in [6.07, 6.45) is 0.831. The van der Waals surface area contributed by atoms with Gasteiger partial charge in [0.1, 0.15) is 22.9 Å². The average Bonchev–Trinajstić information content (AvgIpc) is 3.18. The van der Waals surface area contributed by atoms with Gasteiger partial charge in [-0.3, -0.25) is 9.59 Å². The van der Waals surface area contributed by atoms with E-state index in [0.717, 1.165) is 16.7 Å². The molecule has 8 heteroatoms. The van der Waals surface area contributed by atoms with Crippen molar-refractivity contribution in [3.63, 3.8) is 0 Å². The second kappa shape index (κ2) is 10.6. The maximum atomic E-state index is 13.9. The van der Waals surface area contributed by atoms with Crippen LogP contribution >= 0.6 is 11.6 Å². The van der Waals surface area contributed by atoms with Crippen molar-refractivity contribution in [1.82, 2.24) is 4.90 Å². The number of benzene rings is 3. The van der Waals surface area contributed by atoms with Crippen molar-refractivity contribution in [2.75, 3.05) is 13.7 Å². The molecule has 1 amide bonds. The van der Waals surface area contributed by atoms with Gasteiger partial charge in [-0.1, -0.05) is 35.9 Å². The van der Waals surface area contributed by atoms with E-state index in [1.165, 1.54) is 17.0 Å². The number of hydrogen-bond donors (Lipinski definition) is 1. The molecule has 1 N–H and O–H groups in total. The Morgan fingerprint density at radius 2 is 1.94 bits per heavy atom. The molecular formula is C28H27ClFNO5. The van der Waals surface area contributed by atoms with Crippen molar-refractivity contribution in [3.8, 4) is 11.5 Å². The topological polar surface area (TPSA) is 76.1 Å². The highest BCUT2D eigenvalue weighted by atomic mass is 35.5. The molecule has 188 valence electrons. The molecule has 0 unspecified atom stereocenters. The first-order valence-corrected chi connectivity index (χ1v) is 11.9. The Labute approximate surface area is 214 Å². The van der Waals surface area contributed by atoms with E-state index in [4.69, 9.17) is 21.1 Å². The molecule has 3 aromatic carbocycles. The molecule has 0 bridgehead atoms. The zero-order valence-electron chi connectivity index (χ0n) is 20.1. The Balaban J connectivity index is 1.54. The minimum atomic E-state index is -0.982. The minimum Gasteiger partial charge on any atom is -0.496 e. The molecule has 0 spiro atoms. The Hall–Kier alpha value is -3.58. The van der Waals surface area contributed by atoms with Crippen LogP contribution in [0, 0.1) is 5.82 Å². The van der Waals surface area contributed by atoms with Crippen LogP contribution in [0.25, 0.3) is 0 Å². The molecule has 1 heterocycles. The second-order valence-corrected chi connectivity index (χ2v) is 9.57. The van der Waals surface area contributed by atoms with Crippen LogP contribution in [0.4, 0.5) is 4.39 Å². The number of halogens is 2. The lowest BCUT2D eigenvalue weighted by Crippen LogP contribution is -2.33. The molecule has 4 rings (SSSR count). The van der Waals surface area contributed by atoms with E-state index >= 15 is 0 Å². The smallest absolute Gasteiger partial charge is 0.305 e. The number of amides is 1. The molecule has 3 aromatic rings. The van der Waals surface area contributed by atoms with E-state index in [1.54, 1.807) is 37.4 Å². The van der Waals surface area contributed by atoms with Gasteiger partial charge in [-0.05, 0) is 54.4 Å². The number of fused-ring (bicyclic) bond motifs is 1. The van der Waals surface area contributed by atoms with Gasteiger partial charge in [0.15, 0.2) is 0 Å². The number of carboxylic acids is 1. The predicted molar refractivity (Wildman–Crippen MR) is 134 cm³/mol. The SMILES string of the molecule is COc1ccccc1CN(CCC(=O)O)C(=O)c1ccc2c(c1)C[C@](C)(Cc1ccc(Cl)c(F)c1)O2. The molecule has 1 atom stereocenters. The Morgan fingerprint density at radius 1 is 1.17 bits per heavy atom. The van der Waals surface area contributed by atoms with Gasteiger partial charge in [0, 0.05) is 37.1 Å². The number of methoxy groups -OCH3 is 1. The largest absolute Gasteiger partial charge is 0.496 e. The summed E-state index contributed by atoms with van der Waals surface area (Å²) >= 11 is 5.80. The fourth-order valence-electron chi connectivity index (χ4n) is 4.54. The summed E-state index contributed by atoms with van der Waals surface area (Å²) in [5.41, 5.74) is 2.25. The van der Waals surface area contributed by atoms with Crippen molar-refractivity contribution in [1.29, 1.82) is 0 Å². The van der Waals surface area contributed by atoms with Gasteiger partial charge < -0.3 is 19.5 Å². The summed E-state index contributed by atoms with van der Waals surface area (Å²) in [4.78, 5) is 26.2.